The van der Waals surface area contributed by atoms with Crippen molar-refractivity contribution in [3.63, 3.8) is 0 Å². The van der Waals surface area contributed by atoms with Crippen LogP contribution in [-0.4, -0.2) is 77.0 Å². The van der Waals surface area contributed by atoms with Gasteiger partial charge < -0.3 is 9.88 Å². The number of aromatic amines is 1. The Labute approximate surface area is 206 Å². The zero-order valence-corrected chi connectivity index (χ0v) is 20.7. The summed E-state index contributed by atoms with van der Waals surface area (Å²) in [5.74, 6) is 0.952. The second kappa shape index (κ2) is 9.62. The van der Waals surface area contributed by atoms with E-state index in [4.69, 9.17) is 4.98 Å². The first-order chi connectivity index (χ1) is 16.7. The van der Waals surface area contributed by atoms with Crippen molar-refractivity contribution in [3.8, 4) is 21.1 Å². The molecule has 2 saturated heterocycles. The fourth-order valence-corrected chi connectivity index (χ4v) is 6.33. The Morgan fingerprint density at radius 1 is 0.853 bits per heavy atom. The number of nitrogens with one attached hydrogen (secondary N) is 1. The van der Waals surface area contributed by atoms with Crippen LogP contribution in [0.5, 0.6) is 0 Å². The SMILES string of the molecule is CN1CCC(N2CCN(Cc3ccc(-c4ccc(-c5nc6ccccc6[nH]5)s4)cc3)CC2)CC1. The number of nitrogens with zero attached hydrogens (tertiary/aromatic N) is 4. The van der Waals surface area contributed by atoms with Gasteiger partial charge in [0.05, 0.1) is 15.9 Å². The average molecular weight is 472 g/mol. The van der Waals surface area contributed by atoms with Crippen LogP contribution >= 0.6 is 11.3 Å². The third kappa shape index (κ3) is 4.68. The number of para-hydroxylation sites is 2. The van der Waals surface area contributed by atoms with Crippen LogP contribution in [-0.2, 0) is 6.54 Å². The van der Waals surface area contributed by atoms with E-state index in [9.17, 15) is 0 Å². The van der Waals surface area contributed by atoms with Crippen molar-refractivity contribution in [1.82, 2.24) is 24.7 Å². The third-order valence-corrected chi connectivity index (χ3v) is 8.63. The minimum atomic E-state index is 0.799. The van der Waals surface area contributed by atoms with Gasteiger partial charge in [-0.05, 0) is 68.4 Å². The molecule has 0 spiro atoms. The van der Waals surface area contributed by atoms with Crippen molar-refractivity contribution in [1.29, 1.82) is 0 Å². The molecule has 4 heterocycles. The molecule has 4 aromatic rings. The highest BCUT2D eigenvalue weighted by Gasteiger charge is 2.26. The van der Waals surface area contributed by atoms with Crippen molar-refractivity contribution in [2.75, 3.05) is 46.3 Å². The Kier molecular flexibility index (Phi) is 6.22. The second-order valence-electron chi connectivity index (χ2n) is 9.81. The number of piperidine rings is 1. The number of hydrogen-bond donors (Lipinski definition) is 1. The molecule has 0 unspecified atom stereocenters. The third-order valence-electron chi connectivity index (χ3n) is 7.48. The molecule has 0 amide bonds. The van der Waals surface area contributed by atoms with Gasteiger partial charge in [0, 0.05) is 43.6 Å². The minimum Gasteiger partial charge on any atom is -0.337 e. The molecule has 2 fully saturated rings. The van der Waals surface area contributed by atoms with Crippen LogP contribution in [0, 0.1) is 0 Å². The fraction of sp³-hybridized carbons (Fsp3) is 0.393. The molecule has 5 nitrogen and oxygen atoms in total. The molecule has 2 aromatic heterocycles. The number of benzene rings is 2. The summed E-state index contributed by atoms with van der Waals surface area (Å²) in [4.78, 5) is 18.5. The number of fused-ring (bicyclic) bond motifs is 1. The van der Waals surface area contributed by atoms with Crippen LogP contribution in [0.1, 0.15) is 18.4 Å². The number of likely N-dealkylation sites (tertiary alicyclic amines) is 1. The molecule has 6 rings (SSSR count). The van der Waals surface area contributed by atoms with Crippen molar-refractivity contribution in [2.24, 2.45) is 0 Å². The Morgan fingerprint density at radius 3 is 2.35 bits per heavy atom. The van der Waals surface area contributed by atoms with E-state index in [0.717, 1.165) is 29.4 Å². The number of hydrogen-bond acceptors (Lipinski definition) is 5. The summed E-state index contributed by atoms with van der Waals surface area (Å²) in [7, 11) is 2.25. The van der Waals surface area contributed by atoms with Gasteiger partial charge in [-0.15, -0.1) is 11.3 Å². The summed E-state index contributed by atoms with van der Waals surface area (Å²) in [6, 6.07) is 22.6. The molecular formula is C28H33N5S. The van der Waals surface area contributed by atoms with Crippen LogP contribution < -0.4 is 0 Å². The predicted molar refractivity (Wildman–Crippen MR) is 142 cm³/mol. The topological polar surface area (TPSA) is 38.4 Å². The Morgan fingerprint density at radius 2 is 1.59 bits per heavy atom. The van der Waals surface area contributed by atoms with Gasteiger partial charge in [0.1, 0.15) is 5.82 Å². The molecule has 2 aromatic carbocycles. The normalized spacial score (nSPS) is 19.2. The number of rotatable bonds is 5. The van der Waals surface area contributed by atoms with Gasteiger partial charge in [0.15, 0.2) is 0 Å². The fourth-order valence-electron chi connectivity index (χ4n) is 5.37. The summed E-state index contributed by atoms with van der Waals surface area (Å²) in [6.45, 7) is 8.34. The lowest BCUT2D eigenvalue weighted by atomic mass is 10.0. The van der Waals surface area contributed by atoms with Gasteiger partial charge in [-0.25, -0.2) is 4.98 Å². The molecule has 176 valence electrons. The van der Waals surface area contributed by atoms with E-state index in [1.807, 2.05) is 12.1 Å². The van der Waals surface area contributed by atoms with E-state index in [-0.39, 0.29) is 0 Å². The van der Waals surface area contributed by atoms with Gasteiger partial charge >= 0.3 is 0 Å². The lowest BCUT2D eigenvalue weighted by Crippen LogP contribution is -2.52. The molecular weight excluding hydrogens is 438 g/mol. The standard InChI is InChI=1S/C28H33N5S/c1-31-14-12-23(13-15-31)33-18-16-32(17-19-33)20-21-6-8-22(9-7-21)26-10-11-27(34-26)28-29-24-4-2-3-5-25(24)30-28/h2-11,23H,12-20H2,1H3,(H,29,30). The van der Waals surface area contributed by atoms with Gasteiger partial charge in [0.25, 0.3) is 0 Å². The van der Waals surface area contributed by atoms with Crippen LogP contribution in [0.15, 0.2) is 60.7 Å². The molecule has 0 bridgehead atoms. The van der Waals surface area contributed by atoms with E-state index in [2.05, 4.69) is 75.3 Å². The van der Waals surface area contributed by atoms with Crippen molar-refractivity contribution >= 4 is 22.4 Å². The number of aromatic nitrogens is 2. The zero-order valence-electron chi connectivity index (χ0n) is 19.9. The smallest absolute Gasteiger partial charge is 0.148 e. The molecule has 0 atom stereocenters. The quantitative estimate of drug-likeness (QED) is 0.436. The molecule has 6 heteroatoms. The van der Waals surface area contributed by atoms with Crippen molar-refractivity contribution < 1.29 is 0 Å². The van der Waals surface area contributed by atoms with Crippen LogP contribution in [0.4, 0.5) is 0 Å². The first-order valence-electron chi connectivity index (χ1n) is 12.5. The molecule has 0 radical (unpaired) electrons. The van der Waals surface area contributed by atoms with Gasteiger partial charge in [0.2, 0.25) is 0 Å². The minimum absolute atomic E-state index is 0.799. The van der Waals surface area contributed by atoms with Gasteiger partial charge in [-0.1, -0.05) is 36.4 Å². The summed E-state index contributed by atoms with van der Waals surface area (Å²) < 4.78 is 0. The summed E-state index contributed by atoms with van der Waals surface area (Å²) in [5.41, 5.74) is 4.79. The lowest BCUT2D eigenvalue weighted by Gasteiger charge is -2.42. The Balaban J connectivity index is 1.06. The van der Waals surface area contributed by atoms with E-state index >= 15 is 0 Å². The number of piperazine rings is 1. The monoisotopic (exact) mass is 471 g/mol. The van der Waals surface area contributed by atoms with E-state index in [1.165, 1.54) is 73.0 Å². The van der Waals surface area contributed by atoms with E-state index in [1.54, 1.807) is 11.3 Å². The highest BCUT2D eigenvalue weighted by atomic mass is 32.1. The van der Waals surface area contributed by atoms with Crippen LogP contribution in [0.2, 0.25) is 0 Å². The first kappa shape index (κ1) is 22.0. The van der Waals surface area contributed by atoms with Crippen LogP contribution in [0.3, 0.4) is 0 Å². The number of thiophene rings is 1. The zero-order chi connectivity index (χ0) is 22.9. The Bertz CT molecular complexity index is 1190. The molecule has 2 aliphatic heterocycles. The van der Waals surface area contributed by atoms with Gasteiger partial charge in [-0.3, -0.25) is 9.80 Å². The van der Waals surface area contributed by atoms with Crippen molar-refractivity contribution in [3.05, 3.63) is 66.2 Å². The maximum Gasteiger partial charge on any atom is 0.148 e. The largest absolute Gasteiger partial charge is 0.337 e. The number of imidazole rings is 1. The van der Waals surface area contributed by atoms with Crippen LogP contribution in [0.25, 0.3) is 32.2 Å². The average Bonchev–Trinajstić information content (AvgIpc) is 3.53. The van der Waals surface area contributed by atoms with Gasteiger partial charge in [-0.2, -0.15) is 0 Å². The summed E-state index contributed by atoms with van der Waals surface area (Å²) in [5, 5.41) is 0. The van der Waals surface area contributed by atoms with E-state index in [0.29, 0.717) is 0 Å². The maximum atomic E-state index is 4.75. The molecule has 0 aliphatic carbocycles. The summed E-state index contributed by atoms with van der Waals surface area (Å²) in [6.07, 6.45) is 2.66. The Hall–Kier alpha value is -2.51. The highest BCUT2D eigenvalue weighted by molar-refractivity contribution is 7.18. The predicted octanol–water partition coefficient (Wildman–Crippen LogP) is 5.17. The van der Waals surface area contributed by atoms with E-state index < -0.39 is 0 Å². The van der Waals surface area contributed by atoms with Crippen molar-refractivity contribution in [2.45, 2.75) is 25.4 Å². The molecule has 2 aliphatic rings. The summed E-state index contributed by atoms with van der Waals surface area (Å²) >= 11 is 1.80. The highest BCUT2D eigenvalue weighted by Crippen LogP contribution is 2.34. The maximum absolute atomic E-state index is 4.75. The molecule has 34 heavy (non-hydrogen) atoms. The second-order valence-corrected chi connectivity index (χ2v) is 10.9. The number of H-pyrrole nitrogens is 1. The molecule has 0 saturated carbocycles. The molecule has 1 N–H and O–H groups in total. The lowest BCUT2D eigenvalue weighted by molar-refractivity contribution is 0.0618. The first-order valence-corrected chi connectivity index (χ1v) is 13.3.